The van der Waals surface area contributed by atoms with Crippen LogP contribution in [-0.4, -0.2) is 58.6 Å². The number of rotatable bonds is 6. The van der Waals surface area contributed by atoms with Crippen molar-refractivity contribution in [1.82, 2.24) is 20.5 Å². The second kappa shape index (κ2) is 11.7. The summed E-state index contributed by atoms with van der Waals surface area (Å²) >= 11 is 1.61. The van der Waals surface area contributed by atoms with Gasteiger partial charge in [0.25, 0.3) is 0 Å². The summed E-state index contributed by atoms with van der Waals surface area (Å²) in [5, 5.41) is 16.2. The first-order valence-electron chi connectivity index (χ1n) is 11.5. The maximum absolute atomic E-state index is 13.1. The molecular weight excluding hydrogens is 436 g/mol. The van der Waals surface area contributed by atoms with Crippen molar-refractivity contribution in [2.75, 3.05) is 13.6 Å². The number of β-amino-alcohol motifs (C(OH)–C–C–N with tert-alkyl or cyclic N) is 1. The highest BCUT2D eigenvalue weighted by atomic mass is 32.1. The van der Waals surface area contributed by atoms with E-state index in [4.69, 9.17) is 0 Å². The van der Waals surface area contributed by atoms with Crippen LogP contribution in [0.15, 0.2) is 29.8 Å². The van der Waals surface area contributed by atoms with Gasteiger partial charge in [-0.05, 0) is 30.5 Å². The molecule has 1 fully saturated rings. The Morgan fingerprint density at radius 3 is 2.39 bits per heavy atom. The number of hydrogen-bond donors (Lipinski definition) is 3. The number of aliphatic hydroxyl groups is 1. The van der Waals surface area contributed by atoms with E-state index in [0.29, 0.717) is 6.54 Å². The van der Waals surface area contributed by atoms with E-state index >= 15 is 0 Å². The molecule has 1 aromatic carbocycles. The minimum Gasteiger partial charge on any atom is -0.391 e. The summed E-state index contributed by atoms with van der Waals surface area (Å²) in [4.78, 5) is 32.9. The third-order valence-electron chi connectivity index (χ3n) is 5.69. The van der Waals surface area contributed by atoms with Crippen LogP contribution in [0.2, 0.25) is 0 Å². The molecule has 1 aliphatic heterocycles. The van der Waals surface area contributed by atoms with Gasteiger partial charge in [0.15, 0.2) is 0 Å². The van der Waals surface area contributed by atoms with Crippen LogP contribution >= 0.6 is 11.3 Å². The number of amides is 2. The number of likely N-dealkylation sites (tertiary alicyclic amines) is 1. The molecule has 3 N–H and O–H groups in total. The summed E-state index contributed by atoms with van der Waals surface area (Å²) in [5.41, 5.74) is 4.61. The topological polar surface area (TPSA) is 94.6 Å². The van der Waals surface area contributed by atoms with Gasteiger partial charge >= 0.3 is 0 Å². The standard InChI is InChI=1S/C23H32N4O3S.C2H6/c1-14-19(31-13-26-14)16-8-6-15(7-9-16)11-25-21(29)18-10-17(28)12-27(18)22(30)20(24-5)23(2,3)4;1-2/h6-9,13,17-18,20,24,28H,10-12H2,1-5H3,(H,25,29);1-2H3/t17-,18+,20-;/m1./s1. The molecule has 0 bridgehead atoms. The lowest BCUT2D eigenvalue weighted by Crippen LogP contribution is -2.55. The normalized spacial score (nSPS) is 19.0. The lowest BCUT2D eigenvalue weighted by atomic mass is 9.86. The van der Waals surface area contributed by atoms with Gasteiger partial charge in [0.1, 0.15) is 6.04 Å². The predicted molar refractivity (Wildman–Crippen MR) is 134 cm³/mol. The smallest absolute Gasteiger partial charge is 0.243 e. The Hall–Kier alpha value is -2.29. The second-order valence-corrected chi connectivity index (χ2v) is 10.0. The van der Waals surface area contributed by atoms with Crippen LogP contribution in [-0.2, 0) is 16.1 Å². The largest absolute Gasteiger partial charge is 0.391 e. The molecule has 0 aliphatic carbocycles. The highest BCUT2D eigenvalue weighted by molar-refractivity contribution is 7.13. The Kier molecular flexibility index (Phi) is 9.57. The third-order valence-corrected chi connectivity index (χ3v) is 6.67. The van der Waals surface area contributed by atoms with Crippen LogP contribution in [0.3, 0.4) is 0 Å². The Balaban J connectivity index is 0.00000187. The zero-order valence-corrected chi connectivity index (χ0v) is 21.6. The van der Waals surface area contributed by atoms with Crippen molar-refractivity contribution in [3.63, 3.8) is 0 Å². The number of carbonyl (C=O) groups is 2. The second-order valence-electron chi connectivity index (χ2n) is 9.17. The molecule has 1 aliphatic rings. The fraction of sp³-hybridized carbons (Fsp3) is 0.560. The summed E-state index contributed by atoms with van der Waals surface area (Å²) in [7, 11) is 1.74. The summed E-state index contributed by atoms with van der Waals surface area (Å²) in [5.74, 6) is -0.396. The molecule has 1 aromatic heterocycles. The molecule has 3 atom stereocenters. The van der Waals surface area contributed by atoms with E-state index in [0.717, 1.165) is 21.7 Å². The van der Waals surface area contributed by atoms with Crippen molar-refractivity contribution in [3.05, 3.63) is 41.0 Å². The van der Waals surface area contributed by atoms with Crippen molar-refractivity contribution < 1.29 is 14.7 Å². The fourth-order valence-electron chi connectivity index (χ4n) is 4.06. The van der Waals surface area contributed by atoms with Crippen molar-refractivity contribution >= 4 is 23.2 Å². The van der Waals surface area contributed by atoms with Gasteiger partial charge in [0, 0.05) is 19.5 Å². The molecule has 0 unspecified atom stereocenters. The number of nitrogens with one attached hydrogen (secondary N) is 2. The van der Waals surface area contributed by atoms with Gasteiger partial charge in [-0.3, -0.25) is 9.59 Å². The van der Waals surface area contributed by atoms with E-state index in [9.17, 15) is 14.7 Å². The van der Waals surface area contributed by atoms with Crippen LogP contribution in [0.1, 0.15) is 52.3 Å². The van der Waals surface area contributed by atoms with Gasteiger partial charge in [-0.25, -0.2) is 4.98 Å². The van der Waals surface area contributed by atoms with Crippen LogP contribution in [0, 0.1) is 12.3 Å². The molecule has 2 heterocycles. The monoisotopic (exact) mass is 474 g/mol. The maximum Gasteiger partial charge on any atom is 0.243 e. The number of nitrogens with zero attached hydrogens (tertiary/aromatic N) is 2. The van der Waals surface area contributed by atoms with Gasteiger partial charge in [-0.15, -0.1) is 11.3 Å². The van der Waals surface area contributed by atoms with Crippen LogP contribution in [0.4, 0.5) is 0 Å². The first-order valence-corrected chi connectivity index (χ1v) is 12.4. The molecule has 1 saturated heterocycles. The molecule has 0 radical (unpaired) electrons. The van der Waals surface area contributed by atoms with Gasteiger partial charge in [0.05, 0.1) is 28.2 Å². The van der Waals surface area contributed by atoms with Crippen molar-refractivity contribution in [2.24, 2.45) is 5.41 Å². The Morgan fingerprint density at radius 2 is 1.88 bits per heavy atom. The number of aryl methyl sites for hydroxylation is 1. The van der Waals surface area contributed by atoms with E-state index < -0.39 is 18.2 Å². The third kappa shape index (κ3) is 6.62. The molecule has 2 aromatic rings. The summed E-state index contributed by atoms with van der Waals surface area (Å²) < 4.78 is 0. The number of benzene rings is 1. The summed E-state index contributed by atoms with van der Waals surface area (Å²) in [6, 6.07) is 6.92. The van der Waals surface area contributed by atoms with Gasteiger partial charge in [-0.2, -0.15) is 0 Å². The molecule has 8 heteroatoms. The molecule has 0 spiro atoms. The first-order chi connectivity index (χ1) is 15.6. The summed E-state index contributed by atoms with van der Waals surface area (Å²) in [6.07, 6.45) is -0.444. The first kappa shape index (κ1) is 27.0. The van der Waals surface area contributed by atoms with E-state index in [1.54, 1.807) is 18.4 Å². The number of aromatic nitrogens is 1. The SMILES string of the molecule is CC.CN[C@H](C(=O)N1C[C@H](O)C[C@H]1C(=O)NCc1ccc(-c2scnc2C)cc1)C(C)(C)C. The van der Waals surface area contributed by atoms with Crippen LogP contribution in [0.25, 0.3) is 10.4 Å². The average molecular weight is 475 g/mol. The maximum atomic E-state index is 13.1. The van der Waals surface area contributed by atoms with Crippen molar-refractivity contribution in [3.8, 4) is 10.4 Å². The average Bonchev–Trinajstić information content (AvgIpc) is 3.39. The molecule has 33 heavy (non-hydrogen) atoms. The van der Waals surface area contributed by atoms with Crippen LogP contribution < -0.4 is 10.6 Å². The minimum absolute atomic E-state index is 0.156. The van der Waals surface area contributed by atoms with Crippen molar-refractivity contribution in [1.29, 1.82) is 0 Å². The number of hydrogen-bond acceptors (Lipinski definition) is 6. The Morgan fingerprint density at radius 1 is 1.24 bits per heavy atom. The number of carbonyl (C=O) groups excluding carboxylic acids is 2. The zero-order chi connectivity index (χ0) is 24.8. The Labute approximate surface area is 201 Å². The summed E-state index contributed by atoms with van der Waals surface area (Å²) in [6.45, 7) is 12.5. The number of likely N-dealkylation sites (N-methyl/N-ethyl adjacent to an activating group) is 1. The van der Waals surface area contributed by atoms with Gasteiger partial charge in [-0.1, -0.05) is 58.9 Å². The minimum atomic E-state index is -0.695. The number of thiazole rings is 1. The highest BCUT2D eigenvalue weighted by Gasteiger charge is 2.43. The van der Waals surface area contributed by atoms with E-state index in [1.807, 2.05) is 71.3 Å². The van der Waals surface area contributed by atoms with Gasteiger partial charge in [0.2, 0.25) is 11.8 Å². The van der Waals surface area contributed by atoms with Crippen LogP contribution in [0.5, 0.6) is 0 Å². The van der Waals surface area contributed by atoms with Crippen molar-refractivity contribution in [2.45, 2.75) is 72.7 Å². The van der Waals surface area contributed by atoms with E-state index in [2.05, 4.69) is 15.6 Å². The van der Waals surface area contributed by atoms with E-state index in [1.165, 1.54) is 4.90 Å². The highest BCUT2D eigenvalue weighted by Crippen LogP contribution is 2.28. The molecule has 3 rings (SSSR count). The lowest BCUT2D eigenvalue weighted by Gasteiger charge is -2.34. The molecule has 182 valence electrons. The number of aliphatic hydroxyl groups excluding tert-OH is 1. The lowest BCUT2D eigenvalue weighted by molar-refractivity contribution is -0.142. The molecule has 2 amide bonds. The zero-order valence-electron chi connectivity index (χ0n) is 20.8. The Bertz CT molecular complexity index is 920. The van der Waals surface area contributed by atoms with E-state index in [-0.39, 0.29) is 30.2 Å². The predicted octanol–water partition coefficient (Wildman–Crippen LogP) is 3.36. The molecule has 7 nitrogen and oxygen atoms in total. The molecular formula is C25H38N4O3S. The van der Waals surface area contributed by atoms with Gasteiger partial charge < -0.3 is 20.6 Å². The fourth-order valence-corrected chi connectivity index (χ4v) is 4.87. The quantitative estimate of drug-likeness (QED) is 0.597. The molecule has 0 saturated carbocycles.